The van der Waals surface area contributed by atoms with Gasteiger partial charge in [-0.15, -0.1) is 21.5 Å². The van der Waals surface area contributed by atoms with Crippen LogP contribution in [-0.4, -0.2) is 19.2 Å². The molecule has 33 heavy (non-hydrogen) atoms. The largest absolute Gasteiger partial charge is 0.268 e. The van der Waals surface area contributed by atoms with Gasteiger partial charge >= 0.3 is 0 Å². The van der Waals surface area contributed by atoms with E-state index in [1.807, 2.05) is 24.3 Å². The summed E-state index contributed by atoms with van der Waals surface area (Å²) in [6.07, 6.45) is 4.26. The van der Waals surface area contributed by atoms with E-state index in [4.69, 9.17) is 11.6 Å². The molecular weight excluding hydrogens is 540 g/mol. The SMILES string of the molecule is O=c1c2c3c(sc2n2c(SCc4ccc(Br)cc4)nnc2n1-c1ccc(Cl)cc1)CCCC3. The Morgan fingerprint density at radius 3 is 2.58 bits per heavy atom. The van der Waals surface area contributed by atoms with E-state index >= 15 is 0 Å². The van der Waals surface area contributed by atoms with Gasteiger partial charge in [-0.3, -0.25) is 4.79 Å². The van der Waals surface area contributed by atoms with Crippen LogP contribution in [0.25, 0.3) is 21.7 Å². The van der Waals surface area contributed by atoms with Crippen molar-refractivity contribution in [1.82, 2.24) is 19.2 Å². The molecule has 1 aliphatic rings. The van der Waals surface area contributed by atoms with Crippen LogP contribution in [0.4, 0.5) is 0 Å². The second-order valence-corrected chi connectivity index (χ2v) is 11.4. The van der Waals surface area contributed by atoms with E-state index in [2.05, 4.69) is 42.7 Å². The second-order valence-electron chi connectivity index (χ2n) is 8.04. The van der Waals surface area contributed by atoms with E-state index in [-0.39, 0.29) is 5.56 Å². The lowest BCUT2D eigenvalue weighted by molar-refractivity contribution is 0.699. The summed E-state index contributed by atoms with van der Waals surface area (Å²) in [6, 6.07) is 15.6. The van der Waals surface area contributed by atoms with Crippen LogP contribution in [0.2, 0.25) is 5.02 Å². The van der Waals surface area contributed by atoms with E-state index in [1.54, 1.807) is 39.8 Å². The molecule has 3 heterocycles. The van der Waals surface area contributed by atoms with Crippen LogP contribution >= 0.6 is 50.6 Å². The molecule has 5 aromatic rings. The van der Waals surface area contributed by atoms with Crippen molar-refractivity contribution >= 4 is 66.6 Å². The van der Waals surface area contributed by atoms with Gasteiger partial charge in [0, 0.05) is 20.1 Å². The minimum atomic E-state index is -0.0314. The molecule has 3 aromatic heterocycles. The third kappa shape index (κ3) is 3.73. The predicted octanol–water partition coefficient (Wildman–Crippen LogP) is 6.68. The lowest BCUT2D eigenvalue weighted by Gasteiger charge is -2.12. The third-order valence-electron chi connectivity index (χ3n) is 5.96. The third-order valence-corrected chi connectivity index (χ3v) is 9.01. The molecule has 0 fully saturated rings. The number of rotatable bonds is 4. The number of hydrogen-bond donors (Lipinski definition) is 0. The van der Waals surface area contributed by atoms with Crippen molar-refractivity contribution in [2.75, 3.05) is 0 Å². The predicted molar refractivity (Wildman–Crippen MR) is 139 cm³/mol. The van der Waals surface area contributed by atoms with E-state index in [0.29, 0.717) is 10.8 Å². The van der Waals surface area contributed by atoms with E-state index < -0.39 is 0 Å². The Kier molecular flexibility index (Phi) is 5.57. The maximum absolute atomic E-state index is 13.8. The molecule has 6 rings (SSSR count). The average Bonchev–Trinajstić information content (AvgIpc) is 3.41. The van der Waals surface area contributed by atoms with Gasteiger partial charge in [0.05, 0.1) is 11.1 Å². The van der Waals surface area contributed by atoms with Crippen LogP contribution in [0, 0.1) is 0 Å². The first-order valence-corrected chi connectivity index (χ1v) is 13.6. The first-order valence-electron chi connectivity index (χ1n) is 10.7. The van der Waals surface area contributed by atoms with Crippen LogP contribution in [0.15, 0.2) is 63.0 Å². The molecule has 166 valence electrons. The molecule has 0 saturated heterocycles. The zero-order valence-electron chi connectivity index (χ0n) is 17.4. The van der Waals surface area contributed by atoms with Crippen LogP contribution in [0.1, 0.15) is 28.8 Å². The van der Waals surface area contributed by atoms with Crippen molar-refractivity contribution in [2.45, 2.75) is 36.6 Å². The van der Waals surface area contributed by atoms with Crippen LogP contribution in [0.5, 0.6) is 0 Å². The number of hydrogen-bond acceptors (Lipinski definition) is 5. The highest BCUT2D eigenvalue weighted by molar-refractivity contribution is 9.10. The van der Waals surface area contributed by atoms with E-state index in [1.165, 1.54) is 22.4 Å². The molecule has 9 heteroatoms. The fourth-order valence-corrected chi connectivity index (χ4v) is 7.08. The number of aryl methyl sites for hydroxylation is 2. The number of fused-ring (bicyclic) bond motifs is 5. The van der Waals surface area contributed by atoms with Crippen molar-refractivity contribution in [1.29, 1.82) is 0 Å². The fourth-order valence-electron chi connectivity index (χ4n) is 4.36. The summed E-state index contributed by atoms with van der Waals surface area (Å²) < 4.78 is 4.80. The Balaban J connectivity index is 1.58. The van der Waals surface area contributed by atoms with Crippen LogP contribution < -0.4 is 5.56 Å². The molecule has 0 amide bonds. The number of nitrogens with zero attached hydrogens (tertiary/aromatic N) is 4. The number of thiophene rings is 1. The topological polar surface area (TPSA) is 52.2 Å². The molecule has 0 unspecified atom stereocenters. The molecule has 0 atom stereocenters. The summed E-state index contributed by atoms with van der Waals surface area (Å²) >= 11 is 13.0. The highest BCUT2D eigenvalue weighted by Gasteiger charge is 2.25. The average molecular weight is 558 g/mol. The summed E-state index contributed by atoms with van der Waals surface area (Å²) in [6.45, 7) is 0. The number of aromatic nitrogens is 4. The monoisotopic (exact) mass is 556 g/mol. The first kappa shape index (κ1) is 21.4. The molecule has 0 saturated carbocycles. The van der Waals surface area contributed by atoms with Crippen molar-refractivity contribution in [2.24, 2.45) is 0 Å². The van der Waals surface area contributed by atoms with Crippen LogP contribution in [0.3, 0.4) is 0 Å². The fraction of sp³-hybridized carbons (Fsp3) is 0.208. The molecule has 2 aromatic carbocycles. The minimum Gasteiger partial charge on any atom is -0.268 e. The zero-order chi connectivity index (χ0) is 22.5. The molecule has 0 radical (unpaired) electrons. The van der Waals surface area contributed by atoms with Crippen LogP contribution in [-0.2, 0) is 18.6 Å². The normalized spacial score (nSPS) is 13.6. The highest BCUT2D eigenvalue weighted by atomic mass is 79.9. The zero-order valence-corrected chi connectivity index (χ0v) is 21.4. The summed E-state index contributed by atoms with van der Waals surface area (Å²) in [4.78, 5) is 16.1. The summed E-state index contributed by atoms with van der Waals surface area (Å²) in [7, 11) is 0. The Hall–Kier alpha value is -2.13. The van der Waals surface area contributed by atoms with E-state index in [0.717, 1.165) is 50.5 Å². The van der Waals surface area contributed by atoms with Gasteiger partial charge in [0.25, 0.3) is 5.56 Å². The maximum atomic E-state index is 13.8. The van der Waals surface area contributed by atoms with Gasteiger partial charge in [0.15, 0.2) is 5.16 Å². The smallest absolute Gasteiger partial charge is 0.268 e. The van der Waals surface area contributed by atoms with E-state index in [9.17, 15) is 4.79 Å². The molecule has 1 aliphatic carbocycles. The summed E-state index contributed by atoms with van der Waals surface area (Å²) in [5.74, 6) is 1.30. The Labute approximate surface area is 211 Å². The molecule has 5 nitrogen and oxygen atoms in total. The highest BCUT2D eigenvalue weighted by Crippen LogP contribution is 2.37. The van der Waals surface area contributed by atoms with Gasteiger partial charge < -0.3 is 0 Å². The van der Waals surface area contributed by atoms with Gasteiger partial charge in [-0.25, -0.2) is 8.97 Å². The first-order chi connectivity index (χ1) is 16.1. The van der Waals surface area contributed by atoms with Crippen molar-refractivity contribution < 1.29 is 0 Å². The van der Waals surface area contributed by atoms with Crippen molar-refractivity contribution in [3.8, 4) is 5.69 Å². The molecular formula is C24H18BrClN4OS2. The molecule has 0 N–H and O–H groups in total. The van der Waals surface area contributed by atoms with Crippen molar-refractivity contribution in [3.63, 3.8) is 0 Å². The Morgan fingerprint density at radius 2 is 1.79 bits per heavy atom. The Bertz CT molecular complexity index is 1550. The maximum Gasteiger partial charge on any atom is 0.268 e. The number of benzene rings is 2. The van der Waals surface area contributed by atoms with Gasteiger partial charge in [-0.05, 0) is 73.2 Å². The lowest BCUT2D eigenvalue weighted by Crippen LogP contribution is -2.22. The van der Waals surface area contributed by atoms with Gasteiger partial charge in [-0.2, -0.15) is 0 Å². The van der Waals surface area contributed by atoms with Gasteiger partial charge in [-0.1, -0.05) is 51.4 Å². The lowest BCUT2D eigenvalue weighted by atomic mass is 9.97. The number of thioether (sulfide) groups is 1. The quantitative estimate of drug-likeness (QED) is 0.231. The van der Waals surface area contributed by atoms with Crippen molar-refractivity contribution in [3.05, 3.63) is 84.4 Å². The molecule has 0 aliphatic heterocycles. The number of halogens is 2. The van der Waals surface area contributed by atoms with Gasteiger partial charge in [0.1, 0.15) is 4.83 Å². The summed E-state index contributed by atoms with van der Waals surface area (Å²) in [5.41, 5.74) is 3.11. The Morgan fingerprint density at radius 1 is 1.03 bits per heavy atom. The minimum absolute atomic E-state index is 0.0314. The molecule has 0 bridgehead atoms. The van der Waals surface area contributed by atoms with Gasteiger partial charge in [0.2, 0.25) is 5.78 Å². The second kappa shape index (κ2) is 8.58. The standard InChI is InChI=1S/C24H18BrClN4OS2/c25-15-7-5-14(6-8-15)13-32-24-28-27-23-29(17-11-9-16(26)10-12-17)21(31)20-18-3-1-2-4-19(18)33-22(20)30(23)24/h5-12H,1-4,13H2. The summed E-state index contributed by atoms with van der Waals surface area (Å²) in [5, 5.41) is 11.2. The molecule has 0 spiro atoms.